The Kier molecular flexibility index (Phi) is 7.04. The summed E-state index contributed by atoms with van der Waals surface area (Å²) in [6.07, 6.45) is 0. The first-order valence-electron chi connectivity index (χ1n) is 18.5. The van der Waals surface area contributed by atoms with Crippen LogP contribution in [0.1, 0.15) is 26.3 Å². The molecule has 0 atom stereocenters. The van der Waals surface area contributed by atoms with Crippen LogP contribution < -0.4 is 0 Å². The summed E-state index contributed by atoms with van der Waals surface area (Å²) in [5, 5.41) is 12.3. The second kappa shape index (κ2) is 11.9. The van der Waals surface area contributed by atoms with Crippen LogP contribution in [0, 0.1) is 5.82 Å². The molecule has 0 radical (unpaired) electrons. The molecule has 0 spiro atoms. The highest BCUT2D eigenvalue weighted by Crippen LogP contribution is 2.48. The largest absolute Gasteiger partial charge is 0.207 e. The smallest absolute Gasteiger partial charge is 0.123 e. The average molecular weight is 681 g/mol. The van der Waals surface area contributed by atoms with Crippen molar-refractivity contribution in [1.29, 1.82) is 0 Å². The lowest BCUT2D eigenvalue weighted by molar-refractivity contribution is 0.590. The van der Waals surface area contributed by atoms with Gasteiger partial charge in [0, 0.05) is 0 Å². The Bertz CT molecular complexity index is 2960. The van der Waals surface area contributed by atoms with Crippen LogP contribution in [0.4, 0.5) is 4.39 Å². The van der Waals surface area contributed by atoms with Crippen LogP contribution in [-0.4, -0.2) is 0 Å². The third kappa shape index (κ3) is 5.03. The Morgan fingerprint density at radius 1 is 0.358 bits per heavy atom. The van der Waals surface area contributed by atoms with Crippen LogP contribution in [0.2, 0.25) is 0 Å². The quantitative estimate of drug-likeness (QED) is 0.128. The topological polar surface area (TPSA) is 0 Å². The fourth-order valence-electron chi connectivity index (χ4n) is 8.65. The highest BCUT2D eigenvalue weighted by Gasteiger charge is 2.21. The van der Waals surface area contributed by atoms with E-state index in [0.29, 0.717) is 0 Å². The molecule has 0 aliphatic carbocycles. The lowest BCUT2D eigenvalue weighted by atomic mass is 9.83. The van der Waals surface area contributed by atoms with Crippen molar-refractivity contribution >= 4 is 53.9 Å². The molecule has 0 bridgehead atoms. The molecule has 10 aromatic rings. The highest BCUT2D eigenvalue weighted by atomic mass is 19.1. The SMILES string of the molecule is CC(C)(C)c1ccc(-c2cccc(-c3ccc4ccc5c(-c6c7ccccc7c(-c7ccc(F)cc7)c7ccccc67)ccc6ccc3c4c65)c2)cc1. The Labute approximate surface area is 309 Å². The van der Waals surface area contributed by atoms with Crippen molar-refractivity contribution in [3.05, 3.63) is 181 Å². The molecule has 0 heterocycles. The highest BCUT2D eigenvalue weighted by molar-refractivity contribution is 6.30. The van der Waals surface area contributed by atoms with E-state index in [1.54, 1.807) is 12.1 Å². The molecule has 0 saturated carbocycles. The summed E-state index contributed by atoms with van der Waals surface area (Å²) in [6, 6.07) is 60.7. The molecule has 1 heteroatoms. The van der Waals surface area contributed by atoms with Gasteiger partial charge < -0.3 is 0 Å². The maximum Gasteiger partial charge on any atom is 0.123 e. The molecule has 0 N–H and O–H groups in total. The normalized spacial score (nSPS) is 12.2. The van der Waals surface area contributed by atoms with Gasteiger partial charge in [-0.05, 0) is 128 Å². The average Bonchev–Trinajstić information content (AvgIpc) is 3.19. The zero-order chi connectivity index (χ0) is 35.8. The van der Waals surface area contributed by atoms with Gasteiger partial charge in [-0.15, -0.1) is 0 Å². The maximum absolute atomic E-state index is 14.1. The molecule has 0 nitrogen and oxygen atoms in total. The predicted octanol–water partition coefficient (Wildman–Crippen LogP) is 15.0. The van der Waals surface area contributed by atoms with Gasteiger partial charge in [0.2, 0.25) is 0 Å². The maximum atomic E-state index is 14.1. The molecule has 0 fully saturated rings. The molecule has 10 aromatic carbocycles. The predicted molar refractivity (Wildman–Crippen MR) is 226 cm³/mol. The number of rotatable bonds is 4. The third-order valence-electron chi connectivity index (χ3n) is 11.3. The molecule has 53 heavy (non-hydrogen) atoms. The zero-order valence-corrected chi connectivity index (χ0v) is 30.0. The van der Waals surface area contributed by atoms with E-state index in [4.69, 9.17) is 0 Å². The Morgan fingerprint density at radius 2 is 0.849 bits per heavy atom. The molecule has 0 amide bonds. The van der Waals surface area contributed by atoms with Crippen molar-refractivity contribution < 1.29 is 4.39 Å². The van der Waals surface area contributed by atoms with Crippen molar-refractivity contribution in [3.63, 3.8) is 0 Å². The van der Waals surface area contributed by atoms with Crippen molar-refractivity contribution in [2.24, 2.45) is 0 Å². The van der Waals surface area contributed by atoms with E-state index >= 15 is 0 Å². The summed E-state index contributed by atoms with van der Waals surface area (Å²) >= 11 is 0. The summed E-state index contributed by atoms with van der Waals surface area (Å²) in [7, 11) is 0. The van der Waals surface area contributed by atoms with Crippen molar-refractivity contribution in [1.82, 2.24) is 0 Å². The Morgan fingerprint density at radius 3 is 1.43 bits per heavy atom. The van der Waals surface area contributed by atoms with Crippen LogP contribution in [0.3, 0.4) is 0 Å². The van der Waals surface area contributed by atoms with Gasteiger partial charge in [0.1, 0.15) is 5.82 Å². The summed E-state index contributed by atoms with van der Waals surface area (Å²) in [4.78, 5) is 0. The van der Waals surface area contributed by atoms with E-state index in [2.05, 4.69) is 166 Å². The second-order valence-corrected chi connectivity index (χ2v) is 15.4. The minimum absolute atomic E-state index is 0.121. The molecular formula is C52H37F. The molecule has 0 saturated heterocycles. The molecular weight excluding hydrogens is 644 g/mol. The number of fused-ring (bicyclic) bond motifs is 2. The summed E-state index contributed by atoms with van der Waals surface area (Å²) in [5.41, 5.74) is 11.0. The van der Waals surface area contributed by atoms with Gasteiger partial charge in [-0.25, -0.2) is 4.39 Å². The van der Waals surface area contributed by atoms with Gasteiger partial charge in [0.15, 0.2) is 0 Å². The van der Waals surface area contributed by atoms with Crippen LogP contribution in [0.15, 0.2) is 170 Å². The van der Waals surface area contributed by atoms with Crippen LogP contribution in [0.5, 0.6) is 0 Å². The van der Waals surface area contributed by atoms with E-state index in [1.165, 1.54) is 82.0 Å². The number of halogens is 1. The first-order chi connectivity index (χ1) is 25.8. The van der Waals surface area contributed by atoms with Gasteiger partial charge in [0.05, 0.1) is 0 Å². The zero-order valence-electron chi connectivity index (χ0n) is 30.0. The second-order valence-electron chi connectivity index (χ2n) is 15.4. The molecule has 0 unspecified atom stereocenters. The van der Waals surface area contributed by atoms with E-state index in [1.807, 2.05) is 12.1 Å². The van der Waals surface area contributed by atoms with Crippen molar-refractivity contribution in [2.75, 3.05) is 0 Å². The standard InChI is InChI=1S/C52H37F/c1-52(2,3)38-23-15-32(16-24-38)36-9-8-10-37(31-36)40-27-19-34-21-29-46-47(30-22-35-20-28-45(40)49(34)50(35)46)51-43-13-6-4-11-41(43)48(33-17-25-39(53)26-18-33)42-12-5-7-14-44(42)51/h4-31H,1-3H3. The van der Waals surface area contributed by atoms with E-state index in [-0.39, 0.29) is 11.2 Å². The minimum Gasteiger partial charge on any atom is -0.207 e. The van der Waals surface area contributed by atoms with Gasteiger partial charge in [-0.1, -0.05) is 172 Å². The van der Waals surface area contributed by atoms with Crippen LogP contribution in [-0.2, 0) is 5.41 Å². The molecule has 0 aromatic heterocycles. The lowest BCUT2D eigenvalue weighted by Gasteiger charge is -2.20. The molecule has 252 valence electrons. The third-order valence-corrected chi connectivity index (χ3v) is 11.3. The minimum atomic E-state index is -0.227. The summed E-state index contributed by atoms with van der Waals surface area (Å²) in [6.45, 7) is 6.78. The number of benzene rings is 10. The number of hydrogen-bond donors (Lipinski definition) is 0. The molecule has 0 aliphatic rings. The van der Waals surface area contributed by atoms with Crippen molar-refractivity contribution in [3.8, 4) is 44.5 Å². The molecule has 10 rings (SSSR count). The first-order valence-corrected chi connectivity index (χ1v) is 18.5. The van der Waals surface area contributed by atoms with Crippen LogP contribution >= 0.6 is 0 Å². The van der Waals surface area contributed by atoms with E-state index in [0.717, 1.165) is 21.9 Å². The Balaban J connectivity index is 1.20. The van der Waals surface area contributed by atoms with Gasteiger partial charge >= 0.3 is 0 Å². The fraction of sp³-hybridized carbons (Fsp3) is 0.0769. The van der Waals surface area contributed by atoms with E-state index < -0.39 is 0 Å². The van der Waals surface area contributed by atoms with Gasteiger partial charge in [-0.3, -0.25) is 0 Å². The van der Waals surface area contributed by atoms with Gasteiger partial charge in [-0.2, -0.15) is 0 Å². The lowest BCUT2D eigenvalue weighted by Crippen LogP contribution is -2.10. The first kappa shape index (κ1) is 31.4. The summed E-state index contributed by atoms with van der Waals surface area (Å²) in [5.74, 6) is -0.227. The molecule has 0 aliphatic heterocycles. The monoisotopic (exact) mass is 680 g/mol. The number of hydrogen-bond acceptors (Lipinski definition) is 0. The Hall–Kier alpha value is -6.31. The fourth-order valence-corrected chi connectivity index (χ4v) is 8.65. The van der Waals surface area contributed by atoms with Gasteiger partial charge in [0.25, 0.3) is 0 Å². The van der Waals surface area contributed by atoms with Crippen LogP contribution in [0.25, 0.3) is 98.4 Å². The summed E-state index contributed by atoms with van der Waals surface area (Å²) < 4.78 is 14.1. The van der Waals surface area contributed by atoms with E-state index in [9.17, 15) is 4.39 Å². The van der Waals surface area contributed by atoms with Crippen molar-refractivity contribution in [2.45, 2.75) is 26.2 Å².